The molecular formula is C8H13ClN2O3S. The second kappa shape index (κ2) is 4.96. The van der Waals surface area contributed by atoms with Gasteiger partial charge in [0, 0.05) is 30.6 Å². The lowest BCUT2D eigenvalue weighted by Crippen LogP contribution is -2.08. The van der Waals surface area contributed by atoms with Gasteiger partial charge >= 0.3 is 0 Å². The van der Waals surface area contributed by atoms with Crippen molar-refractivity contribution in [2.24, 2.45) is 0 Å². The average molecular weight is 253 g/mol. The van der Waals surface area contributed by atoms with Gasteiger partial charge in [0.05, 0.1) is 12.2 Å². The fraction of sp³-hybridized carbons (Fsp3) is 0.625. The van der Waals surface area contributed by atoms with E-state index in [-0.39, 0.29) is 10.9 Å². The number of methoxy groups -OCH3 is 1. The molecule has 0 spiro atoms. The molecule has 15 heavy (non-hydrogen) atoms. The summed E-state index contributed by atoms with van der Waals surface area (Å²) in [5.41, 5.74) is 0. The topological polar surface area (TPSA) is 61.2 Å². The molecule has 1 atom stereocenters. The van der Waals surface area contributed by atoms with Gasteiger partial charge in [-0.15, -0.1) is 0 Å². The minimum absolute atomic E-state index is 0.0217. The predicted octanol–water partition coefficient (Wildman–Crippen LogP) is 1.41. The third-order valence-corrected chi connectivity index (χ3v) is 3.36. The quantitative estimate of drug-likeness (QED) is 0.744. The first-order valence-electron chi connectivity index (χ1n) is 4.43. The smallest absolute Gasteiger partial charge is 0.264 e. The summed E-state index contributed by atoms with van der Waals surface area (Å²) >= 11 is 0. The average Bonchev–Trinajstić information content (AvgIpc) is 2.62. The van der Waals surface area contributed by atoms with Gasteiger partial charge in [0.25, 0.3) is 9.05 Å². The van der Waals surface area contributed by atoms with Crippen LogP contribution in [0.1, 0.15) is 19.4 Å². The predicted molar refractivity (Wildman–Crippen MR) is 56.5 cm³/mol. The molecule has 1 unspecified atom stereocenters. The number of halogens is 1. The number of ether oxygens (including phenoxy) is 1. The van der Waals surface area contributed by atoms with Crippen molar-refractivity contribution in [3.63, 3.8) is 0 Å². The van der Waals surface area contributed by atoms with Gasteiger partial charge < -0.3 is 4.74 Å². The van der Waals surface area contributed by atoms with Crippen molar-refractivity contribution in [3.8, 4) is 0 Å². The Balaban J connectivity index is 2.76. The minimum atomic E-state index is -3.68. The van der Waals surface area contributed by atoms with Crippen LogP contribution in [0.3, 0.4) is 0 Å². The third kappa shape index (κ3) is 3.48. The summed E-state index contributed by atoms with van der Waals surface area (Å²) in [6.07, 6.45) is 3.42. The van der Waals surface area contributed by atoms with E-state index in [1.165, 1.54) is 12.4 Å². The van der Waals surface area contributed by atoms with E-state index < -0.39 is 9.05 Å². The summed E-state index contributed by atoms with van der Waals surface area (Å²) in [6, 6.07) is 0.0807. The number of nitrogens with zero attached hydrogens (tertiary/aromatic N) is 2. The molecule has 1 aromatic rings. The Hall–Kier alpha value is -0.590. The maximum absolute atomic E-state index is 11.0. The highest BCUT2D eigenvalue weighted by molar-refractivity contribution is 8.13. The van der Waals surface area contributed by atoms with Crippen molar-refractivity contribution in [3.05, 3.63) is 12.4 Å². The van der Waals surface area contributed by atoms with Crippen LogP contribution in [0, 0.1) is 0 Å². The maximum atomic E-state index is 11.0. The molecule has 1 rings (SSSR count). The molecule has 0 aliphatic heterocycles. The minimum Gasteiger partial charge on any atom is -0.385 e. The van der Waals surface area contributed by atoms with Crippen LogP contribution >= 0.6 is 10.7 Å². The highest BCUT2D eigenvalue weighted by Gasteiger charge is 2.14. The summed E-state index contributed by atoms with van der Waals surface area (Å²) < 4.78 is 28.4. The second-order valence-corrected chi connectivity index (χ2v) is 5.79. The van der Waals surface area contributed by atoms with Gasteiger partial charge in [-0.05, 0) is 13.3 Å². The lowest BCUT2D eigenvalue weighted by atomic mass is 10.2. The van der Waals surface area contributed by atoms with Crippen LogP contribution in [0.25, 0.3) is 0 Å². The van der Waals surface area contributed by atoms with Gasteiger partial charge in [0.15, 0.2) is 0 Å². The van der Waals surface area contributed by atoms with E-state index >= 15 is 0 Å². The van der Waals surface area contributed by atoms with Gasteiger partial charge in [-0.1, -0.05) is 0 Å². The monoisotopic (exact) mass is 252 g/mol. The Morgan fingerprint density at radius 2 is 2.33 bits per heavy atom. The standard InChI is InChI=1S/C8H13ClN2O3S/c1-7(3-4-14-2)11-6-8(5-10-11)15(9,12)13/h5-7H,3-4H2,1-2H3. The van der Waals surface area contributed by atoms with E-state index in [0.29, 0.717) is 6.61 Å². The van der Waals surface area contributed by atoms with Gasteiger partial charge in [-0.25, -0.2) is 8.42 Å². The summed E-state index contributed by atoms with van der Waals surface area (Å²) in [7, 11) is 3.11. The Kier molecular flexibility index (Phi) is 4.12. The van der Waals surface area contributed by atoms with Crippen LogP contribution in [-0.4, -0.2) is 31.9 Å². The molecule has 1 aromatic heterocycles. The van der Waals surface area contributed by atoms with Crippen molar-refractivity contribution in [2.75, 3.05) is 13.7 Å². The zero-order chi connectivity index (χ0) is 11.5. The molecule has 5 nitrogen and oxygen atoms in total. The first-order chi connectivity index (χ1) is 6.95. The lowest BCUT2D eigenvalue weighted by molar-refractivity contribution is 0.178. The van der Waals surface area contributed by atoms with Crippen LogP contribution in [0.4, 0.5) is 0 Å². The molecule has 1 heterocycles. The van der Waals surface area contributed by atoms with Crippen molar-refractivity contribution in [2.45, 2.75) is 24.3 Å². The van der Waals surface area contributed by atoms with E-state index in [0.717, 1.165) is 6.42 Å². The number of hydrogen-bond acceptors (Lipinski definition) is 4. The molecule has 0 saturated carbocycles. The second-order valence-electron chi connectivity index (χ2n) is 3.22. The molecule has 0 radical (unpaired) electrons. The normalized spacial score (nSPS) is 14.1. The first-order valence-corrected chi connectivity index (χ1v) is 6.74. The SMILES string of the molecule is COCCC(C)n1cc(S(=O)(=O)Cl)cn1. The Labute approximate surface area is 93.4 Å². The molecule has 0 aliphatic carbocycles. The third-order valence-electron chi connectivity index (χ3n) is 2.05. The van der Waals surface area contributed by atoms with Gasteiger partial charge in [0.2, 0.25) is 0 Å². The van der Waals surface area contributed by atoms with Gasteiger partial charge in [-0.3, -0.25) is 4.68 Å². The molecule has 0 bridgehead atoms. The molecule has 86 valence electrons. The fourth-order valence-corrected chi connectivity index (χ4v) is 1.75. The Morgan fingerprint density at radius 3 is 2.80 bits per heavy atom. The van der Waals surface area contributed by atoms with Crippen LogP contribution in [0.5, 0.6) is 0 Å². The van der Waals surface area contributed by atoms with Gasteiger partial charge in [0.1, 0.15) is 4.90 Å². The molecule has 0 saturated heterocycles. The number of aromatic nitrogens is 2. The van der Waals surface area contributed by atoms with E-state index in [1.54, 1.807) is 11.8 Å². The van der Waals surface area contributed by atoms with Crippen LogP contribution < -0.4 is 0 Å². The van der Waals surface area contributed by atoms with E-state index in [9.17, 15) is 8.42 Å². The van der Waals surface area contributed by atoms with E-state index in [1.807, 2.05) is 6.92 Å². The molecular weight excluding hydrogens is 240 g/mol. The van der Waals surface area contributed by atoms with E-state index in [4.69, 9.17) is 15.4 Å². The molecule has 7 heteroatoms. The Morgan fingerprint density at radius 1 is 1.67 bits per heavy atom. The summed E-state index contributed by atoms with van der Waals surface area (Å²) in [6.45, 7) is 2.53. The molecule has 0 fully saturated rings. The molecule has 0 aliphatic rings. The van der Waals surface area contributed by atoms with Crippen LogP contribution in [0.15, 0.2) is 17.3 Å². The van der Waals surface area contributed by atoms with Crippen molar-refractivity contribution >= 4 is 19.7 Å². The molecule has 0 aromatic carbocycles. The number of rotatable bonds is 5. The summed E-state index contributed by atoms with van der Waals surface area (Å²) in [5, 5.41) is 3.93. The lowest BCUT2D eigenvalue weighted by Gasteiger charge is -2.10. The van der Waals surface area contributed by atoms with Gasteiger partial charge in [-0.2, -0.15) is 5.10 Å². The first kappa shape index (κ1) is 12.5. The highest BCUT2D eigenvalue weighted by Crippen LogP contribution is 2.17. The van der Waals surface area contributed by atoms with Crippen LogP contribution in [-0.2, 0) is 13.8 Å². The summed E-state index contributed by atoms with van der Waals surface area (Å²) in [4.78, 5) is 0.0217. The maximum Gasteiger partial charge on any atom is 0.264 e. The van der Waals surface area contributed by atoms with Crippen molar-refractivity contribution in [1.29, 1.82) is 0 Å². The van der Waals surface area contributed by atoms with E-state index in [2.05, 4.69) is 5.10 Å². The highest BCUT2D eigenvalue weighted by atomic mass is 35.7. The fourth-order valence-electron chi connectivity index (χ4n) is 1.11. The van der Waals surface area contributed by atoms with Crippen molar-refractivity contribution in [1.82, 2.24) is 9.78 Å². The summed E-state index contributed by atoms with van der Waals surface area (Å²) in [5.74, 6) is 0. The molecule has 0 amide bonds. The number of hydrogen-bond donors (Lipinski definition) is 0. The van der Waals surface area contributed by atoms with Crippen LogP contribution in [0.2, 0.25) is 0 Å². The zero-order valence-electron chi connectivity index (χ0n) is 8.55. The molecule has 0 N–H and O–H groups in total. The van der Waals surface area contributed by atoms with Crippen molar-refractivity contribution < 1.29 is 13.2 Å². The Bertz CT molecular complexity index is 415. The zero-order valence-corrected chi connectivity index (χ0v) is 10.1. The largest absolute Gasteiger partial charge is 0.385 e.